The van der Waals surface area contributed by atoms with E-state index in [4.69, 9.17) is 0 Å². The van der Waals surface area contributed by atoms with Gasteiger partial charge in [0.05, 0.1) is 17.4 Å². The Hall–Kier alpha value is -1.98. The number of likely N-dealkylation sites (N-methyl/N-ethyl adjacent to an activating group) is 1. The summed E-state index contributed by atoms with van der Waals surface area (Å²) in [5, 5.41) is 0. The van der Waals surface area contributed by atoms with Crippen molar-refractivity contribution >= 4 is 11.8 Å². The molecular formula is C16H22N4O2. The minimum atomic E-state index is -0.169. The highest BCUT2D eigenvalue weighted by atomic mass is 16.2. The second kappa shape index (κ2) is 5.66. The molecule has 2 saturated heterocycles. The summed E-state index contributed by atoms with van der Waals surface area (Å²) in [5.41, 5.74) is 1.01. The Bertz CT molecular complexity index is 586. The summed E-state index contributed by atoms with van der Waals surface area (Å²) in [5.74, 6) is 0.133. The average molecular weight is 302 g/mol. The van der Waals surface area contributed by atoms with Gasteiger partial charge in [-0.25, -0.2) is 4.98 Å². The van der Waals surface area contributed by atoms with Crippen LogP contribution in [0.3, 0.4) is 0 Å². The minimum Gasteiger partial charge on any atom is -0.336 e. The molecule has 2 aliphatic heterocycles. The molecule has 2 fully saturated rings. The molecule has 0 aromatic carbocycles. The first-order chi connectivity index (χ1) is 10.6. The first-order valence-electron chi connectivity index (χ1n) is 7.94. The van der Waals surface area contributed by atoms with Gasteiger partial charge in [0.1, 0.15) is 5.69 Å². The van der Waals surface area contributed by atoms with Crippen LogP contribution in [0, 0.1) is 6.92 Å². The van der Waals surface area contributed by atoms with E-state index < -0.39 is 0 Å². The molecule has 3 heterocycles. The summed E-state index contributed by atoms with van der Waals surface area (Å²) in [6.45, 7) is 5.91. The van der Waals surface area contributed by atoms with Gasteiger partial charge >= 0.3 is 0 Å². The summed E-state index contributed by atoms with van der Waals surface area (Å²) >= 11 is 0. The quantitative estimate of drug-likeness (QED) is 0.828. The molecule has 2 amide bonds. The fourth-order valence-corrected chi connectivity index (χ4v) is 3.76. The highest BCUT2D eigenvalue weighted by Gasteiger charge is 2.47. The van der Waals surface area contributed by atoms with Gasteiger partial charge in [-0.3, -0.25) is 14.6 Å². The molecule has 2 aliphatic rings. The molecular weight excluding hydrogens is 280 g/mol. The average Bonchev–Trinajstić information content (AvgIpc) is 2.83. The number of rotatable bonds is 2. The lowest BCUT2D eigenvalue weighted by molar-refractivity contribution is -0.132. The van der Waals surface area contributed by atoms with E-state index in [2.05, 4.69) is 9.97 Å². The molecule has 1 aromatic rings. The van der Waals surface area contributed by atoms with Gasteiger partial charge < -0.3 is 9.80 Å². The summed E-state index contributed by atoms with van der Waals surface area (Å²) in [7, 11) is 0. The summed E-state index contributed by atoms with van der Waals surface area (Å²) in [6.07, 6.45) is 6.51. The predicted octanol–water partition coefficient (Wildman–Crippen LogP) is 1.40. The smallest absolute Gasteiger partial charge is 0.274 e. The van der Waals surface area contributed by atoms with E-state index >= 15 is 0 Å². The predicted molar refractivity (Wildman–Crippen MR) is 81.3 cm³/mol. The van der Waals surface area contributed by atoms with E-state index in [1.165, 1.54) is 6.20 Å². The third kappa shape index (κ3) is 2.46. The fraction of sp³-hybridized carbons (Fsp3) is 0.625. The fourth-order valence-electron chi connectivity index (χ4n) is 3.76. The number of likely N-dealkylation sites (tertiary alicyclic amines) is 2. The lowest BCUT2D eigenvalue weighted by atomic mass is 9.86. The van der Waals surface area contributed by atoms with Crippen LogP contribution in [0.4, 0.5) is 0 Å². The zero-order valence-corrected chi connectivity index (χ0v) is 13.2. The minimum absolute atomic E-state index is 0.0815. The topological polar surface area (TPSA) is 66.4 Å². The van der Waals surface area contributed by atoms with Crippen molar-refractivity contribution in [3.8, 4) is 0 Å². The monoisotopic (exact) mass is 302 g/mol. The lowest BCUT2D eigenvalue weighted by Crippen LogP contribution is -2.57. The van der Waals surface area contributed by atoms with E-state index in [9.17, 15) is 9.59 Å². The van der Waals surface area contributed by atoms with Crippen molar-refractivity contribution in [3.05, 3.63) is 23.8 Å². The van der Waals surface area contributed by atoms with Gasteiger partial charge in [-0.15, -0.1) is 0 Å². The standard InChI is InChI=1S/C16H22N4O2/c1-3-20-14(21)5-7-16(20)6-4-8-19(11-16)15(22)13-10-17-12(2)9-18-13/h9-10H,3-8,11H2,1-2H3/t16-/m1/s1. The molecule has 118 valence electrons. The lowest BCUT2D eigenvalue weighted by Gasteiger charge is -2.45. The molecule has 3 rings (SSSR count). The third-order valence-corrected chi connectivity index (χ3v) is 4.84. The molecule has 1 atom stereocenters. The maximum absolute atomic E-state index is 12.6. The number of aryl methyl sites for hydroxylation is 1. The molecule has 6 nitrogen and oxygen atoms in total. The normalized spacial score (nSPS) is 25.1. The van der Waals surface area contributed by atoms with Crippen LogP contribution in [-0.2, 0) is 4.79 Å². The molecule has 1 aromatic heterocycles. The Morgan fingerprint density at radius 1 is 1.32 bits per heavy atom. The molecule has 1 spiro atoms. The molecule has 0 bridgehead atoms. The number of nitrogens with zero attached hydrogens (tertiary/aromatic N) is 4. The third-order valence-electron chi connectivity index (χ3n) is 4.84. The second-order valence-corrected chi connectivity index (χ2v) is 6.24. The first kappa shape index (κ1) is 14.9. The zero-order valence-electron chi connectivity index (χ0n) is 13.2. The van der Waals surface area contributed by atoms with Crippen LogP contribution in [0.25, 0.3) is 0 Å². The molecule has 6 heteroatoms. The maximum Gasteiger partial charge on any atom is 0.274 e. The summed E-state index contributed by atoms with van der Waals surface area (Å²) < 4.78 is 0. The van der Waals surface area contributed by atoms with E-state index in [0.717, 1.165) is 31.5 Å². The van der Waals surface area contributed by atoms with Crippen molar-refractivity contribution in [2.75, 3.05) is 19.6 Å². The van der Waals surface area contributed by atoms with Gasteiger partial charge in [0, 0.05) is 32.3 Å². The first-order valence-corrected chi connectivity index (χ1v) is 7.94. The summed E-state index contributed by atoms with van der Waals surface area (Å²) in [4.78, 5) is 36.9. The maximum atomic E-state index is 12.6. The van der Waals surface area contributed by atoms with Gasteiger partial charge in [-0.2, -0.15) is 0 Å². The van der Waals surface area contributed by atoms with Crippen molar-refractivity contribution in [3.63, 3.8) is 0 Å². The van der Waals surface area contributed by atoms with Gasteiger partial charge in [-0.1, -0.05) is 0 Å². The van der Waals surface area contributed by atoms with Crippen molar-refractivity contribution in [1.29, 1.82) is 0 Å². The van der Waals surface area contributed by atoms with Crippen LogP contribution < -0.4 is 0 Å². The van der Waals surface area contributed by atoms with Gasteiger partial charge in [0.15, 0.2) is 0 Å². The zero-order chi connectivity index (χ0) is 15.7. The molecule has 0 radical (unpaired) electrons. The Balaban J connectivity index is 1.80. The number of hydrogen-bond acceptors (Lipinski definition) is 4. The number of carbonyl (C=O) groups excluding carboxylic acids is 2. The highest BCUT2D eigenvalue weighted by Crippen LogP contribution is 2.37. The molecule has 0 N–H and O–H groups in total. The Morgan fingerprint density at radius 3 is 2.82 bits per heavy atom. The van der Waals surface area contributed by atoms with E-state index in [1.54, 1.807) is 6.20 Å². The Labute approximate surface area is 130 Å². The van der Waals surface area contributed by atoms with Crippen LogP contribution in [0.5, 0.6) is 0 Å². The van der Waals surface area contributed by atoms with Crippen molar-refractivity contribution in [2.24, 2.45) is 0 Å². The molecule has 0 aliphatic carbocycles. The van der Waals surface area contributed by atoms with E-state index in [0.29, 0.717) is 25.2 Å². The molecule has 0 saturated carbocycles. The van der Waals surface area contributed by atoms with Crippen LogP contribution in [0.2, 0.25) is 0 Å². The van der Waals surface area contributed by atoms with Crippen LogP contribution in [0.15, 0.2) is 12.4 Å². The number of carbonyl (C=O) groups is 2. The van der Waals surface area contributed by atoms with Crippen LogP contribution >= 0.6 is 0 Å². The van der Waals surface area contributed by atoms with E-state index in [-0.39, 0.29) is 17.4 Å². The van der Waals surface area contributed by atoms with Gasteiger partial charge in [0.2, 0.25) is 5.91 Å². The van der Waals surface area contributed by atoms with Gasteiger partial charge in [-0.05, 0) is 33.1 Å². The number of aromatic nitrogens is 2. The van der Waals surface area contributed by atoms with Crippen molar-refractivity contribution in [1.82, 2.24) is 19.8 Å². The van der Waals surface area contributed by atoms with Gasteiger partial charge in [0.25, 0.3) is 5.91 Å². The SMILES string of the molecule is CCN1C(=O)CC[C@@]12CCCN(C(=O)c1cnc(C)cn1)C2. The van der Waals surface area contributed by atoms with Crippen molar-refractivity contribution < 1.29 is 9.59 Å². The Morgan fingerprint density at radius 2 is 2.14 bits per heavy atom. The van der Waals surface area contributed by atoms with E-state index in [1.807, 2.05) is 23.6 Å². The highest BCUT2D eigenvalue weighted by molar-refractivity contribution is 5.92. The van der Waals surface area contributed by atoms with Crippen LogP contribution in [-0.4, -0.2) is 56.8 Å². The Kier molecular flexibility index (Phi) is 3.85. The largest absolute Gasteiger partial charge is 0.336 e. The van der Waals surface area contributed by atoms with Crippen molar-refractivity contribution in [2.45, 2.75) is 45.1 Å². The number of hydrogen-bond donors (Lipinski definition) is 0. The second-order valence-electron chi connectivity index (χ2n) is 6.24. The number of piperidine rings is 1. The molecule has 22 heavy (non-hydrogen) atoms. The van der Waals surface area contributed by atoms with Crippen LogP contribution in [0.1, 0.15) is 48.8 Å². The number of amides is 2. The molecule has 0 unspecified atom stereocenters. The summed E-state index contributed by atoms with van der Waals surface area (Å²) in [6, 6.07) is 0.